The van der Waals surface area contributed by atoms with E-state index < -0.39 is 17.5 Å². The summed E-state index contributed by atoms with van der Waals surface area (Å²) in [5.41, 5.74) is 1.72. The van der Waals surface area contributed by atoms with Gasteiger partial charge in [0.1, 0.15) is 11.5 Å². The number of amides is 1. The van der Waals surface area contributed by atoms with Crippen molar-refractivity contribution in [1.29, 1.82) is 0 Å². The third-order valence-corrected chi connectivity index (χ3v) is 4.20. The normalized spacial score (nSPS) is 13.8. The number of nitrogens with one attached hydrogen (secondary N) is 2. The average Bonchev–Trinajstić information content (AvgIpc) is 2.66. The van der Waals surface area contributed by atoms with Crippen LogP contribution in [0.2, 0.25) is 0 Å². The number of benzene rings is 1. The second-order valence-corrected chi connectivity index (χ2v) is 6.15. The Morgan fingerprint density at radius 3 is 2.69 bits per heavy atom. The van der Waals surface area contributed by atoms with Crippen LogP contribution in [0.3, 0.4) is 0 Å². The van der Waals surface area contributed by atoms with Crippen molar-refractivity contribution >= 4 is 17.4 Å². The summed E-state index contributed by atoms with van der Waals surface area (Å²) in [5.74, 6) is -1.95. The second-order valence-electron chi connectivity index (χ2n) is 6.15. The lowest BCUT2D eigenvalue weighted by Crippen LogP contribution is -2.15. The monoisotopic (exact) mass is 358 g/mol. The molecule has 1 aliphatic carbocycles. The van der Waals surface area contributed by atoms with E-state index >= 15 is 0 Å². The highest BCUT2D eigenvalue weighted by atomic mass is 19.2. The molecule has 0 saturated carbocycles. The number of nitrogens with zero attached hydrogens (tertiary/aromatic N) is 2. The predicted octanol–water partition coefficient (Wildman–Crippen LogP) is 4.31. The number of hydrogen-bond acceptors (Lipinski definition) is 4. The predicted molar refractivity (Wildman–Crippen MR) is 96.0 cm³/mol. The average molecular weight is 358 g/mol. The highest BCUT2D eigenvalue weighted by Gasteiger charge is 2.10. The van der Waals surface area contributed by atoms with E-state index in [1.54, 1.807) is 0 Å². The maximum absolute atomic E-state index is 13.2. The zero-order chi connectivity index (χ0) is 18.4. The molecule has 1 aromatic heterocycles. The molecule has 1 amide bonds. The van der Waals surface area contributed by atoms with E-state index in [9.17, 15) is 13.6 Å². The van der Waals surface area contributed by atoms with Gasteiger partial charge in [-0.15, -0.1) is 0 Å². The van der Waals surface area contributed by atoms with Gasteiger partial charge in [-0.1, -0.05) is 11.6 Å². The molecule has 0 radical (unpaired) electrons. The minimum atomic E-state index is -1.03. The third kappa shape index (κ3) is 4.84. The highest BCUT2D eigenvalue weighted by molar-refractivity contribution is 6.02. The molecule has 2 aromatic rings. The summed E-state index contributed by atoms with van der Waals surface area (Å²) in [6.45, 7) is 0.765. The molecule has 0 atom stereocenters. The van der Waals surface area contributed by atoms with Gasteiger partial charge in [-0.25, -0.2) is 18.7 Å². The number of anilines is 2. The number of allylic oxidation sites excluding steroid dienone is 1. The molecule has 26 heavy (non-hydrogen) atoms. The van der Waals surface area contributed by atoms with Crippen molar-refractivity contribution in [2.24, 2.45) is 0 Å². The molecule has 1 aliphatic rings. The molecule has 5 nitrogen and oxygen atoms in total. The molecule has 1 heterocycles. The van der Waals surface area contributed by atoms with Crippen molar-refractivity contribution in [2.75, 3.05) is 17.2 Å². The van der Waals surface area contributed by atoms with E-state index in [1.807, 2.05) is 0 Å². The summed E-state index contributed by atoms with van der Waals surface area (Å²) in [6.07, 6.45) is 11.0. The number of halogens is 2. The fourth-order valence-corrected chi connectivity index (χ4v) is 2.79. The first kappa shape index (κ1) is 18.0. The van der Waals surface area contributed by atoms with E-state index in [-0.39, 0.29) is 11.4 Å². The van der Waals surface area contributed by atoms with Crippen LogP contribution < -0.4 is 10.6 Å². The zero-order valence-electron chi connectivity index (χ0n) is 14.3. The Bertz CT molecular complexity index is 806. The summed E-state index contributed by atoms with van der Waals surface area (Å²) in [6, 6.07) is 3.14. The van der Waals surface area contributed by atoms with Gasteiger partial charge < -0.3 is 10.6 Å². The lowest BCUT2D eigenvalue weighted by atomic mass is 9.97. The van der Waals surface area contributed by atoms with Gasteiger partial charge in [0.15, 0.2) is 11.6 Å². The Balaban J connectivity index is 1.52. The molecule has 7 heteroatoms. The van der Waals surface area contributed by atoms with Crippen molar-refractivity contribution in [1.82, 2.24) is 9.97 Å². The maximum atomic E-state index is 13.2. The molecule has 2 N–H and O–H groups in total. The molecule has 0 saturated heterocycles. The molecule has 136 valence electrons. The Morgan fingerprint density at radius 2 is 2.00 bits per heavy atom. The topological polar surface area (TPSA) is 66.9 Å². The van der Waals surface area contributed by atoms with Crippen molar-refractivity contribution in [3.63, 3.8) is 0 Å². The number of aromatic nitrogens is 2. The van der Waals surface area contributed by atoms with Crippen LogP contribution in [-0.4, -0.2) is 22.4 Å². The fourth-order valence-electron chi connectivity index (χ4n) is 2.79. The molecule has 0 spiro atoms. The molecule has 0 fully saturated rings. The first-order valence-corrected chi connectivity index (χ1v) is 8.62. The zero-order valence-corrected chi connectivity index (χ0v) is 14.3. The Kier molecular flexibility index (Phi) is 5.88. The second kappa shape index (κ2) is 8.51. The number of carbonyl (C=O) groups excluding carboxylic acids is 1. The molecule has 0 bridgehead atoms. The van der Waals surface area contributed by atoms with Gasteiger partial charge >= 0.3 is 0 Å². The molecular weight excluding hydrogens is 338 g/mol. The quantitative estimate of drug-likeness (QED) is 0.755. The van der Waals surface area contributed by atoms with Gasteiger partial charge in [0.2, 0.25) is 0 Å². The SMILES string of the molecule is O=C(Nc1ccc(F)c(F)c1)c1cnc(NCCC2=CCCCC2)cn1. The van der Waals surface area contributed by atoms with E-state index in [4.69, 9.17) is 0 Å². The van der Waals surface area contributed by atoms with Crippen LogP contribution >= 0.6 is 0 Å². The largest absolute Gasteiger partial charge is 0.368 e. The Labute approximate surface area is 150 Å². The van der Waals surface area contributed by atoms with Crippen LogP contribution in [0.25, 0.3) is 0 Å². The van der Waals surface area contributed by atoms with Crippen molar-refractivity contribution in [3.05, 3.63) is 59.6 Å². The third-order valence-electron chi connectivity index (χ3n) is 4.20. The van der Waals surface area contributed by atoms with Gasteiger partial charge in [0, 0.05) is 18.3 Å². The van der Waals surface area contributed by atoms with Crippen molar-refractivity contribution < 1.29 is 13.6 Å². The highest BCUT2D eigenvalue weighted by Crippen LogP contribution is 2.20. The van der Waals surface area contributed by atoms with Gasteiger partial charge in [-0.3, -0.25) is 4.79 Å². The standard InChI is InChI=1S/C19H20F2N4O/c20-15-7-6-14(10-16(15)21)25-19(26)17-11-24-18(12-23-17)22-9-8-13-4-2-1-3-5-13/h4,6-7,10-12H,1-3,5,8-9H2,(H,22,24)(H,25,26). The molecule has 0 aliphatic heterocycles. The van der Waals surface area contributed by atoms with Crippen LogP contribution in [0.4, 0.5) is 20.3 Å². The first-order valence-electron chi connectivity index (χ1n) is 8.62. The van der Waals surface area contributed by atoms with E-state index in [1.165, 1.54) is 36.9 Å². The Morgan fingerprint density at radius 1 is 1.12 bits per heavy atom. The van der Waals surface area contributed by atoms with Crippen molar-refractivity contribution in [2.45, 2.75) is 32.1 Å². The summed E-state index contributed by atoms with van der Waals surface area (Å²) in [5, 5.41) is 5.64. The van der Waals surface area contributed by atoms with Crippen molar-refractivity contribution in [3.8, 4) is 0 Å². The fraction of sp³-hybridized carbons (Fsp3) is 0.316. The number of carbonyl (C=O) groups is 1. The van der Waals surface area contributed by atoms with Crippen LogP contribution in [0, 0.1) is 11.6 Å². The maximum Gasteiger partial charge on any atom is 0.275 e. The summed E-state index contributed by atoms with van der Waals surface area (Å²) >= 11 is 0. The lowest BCUT2D eigenvalue weighted by Gasteiger charge is -2.13. The van der Waals surface area contributed by atoms with E-state index in [0.717, 1.165) is 37.9 Å². The molecule has 1 aromatic carbocycles. The number of hydrogen-bond donors (Lipinski definition) is 2. The number of rotatable bonds is 6. The van der Waals surface area contributed by atoms with Gasteiger partial charge in [-0.05, 0) is 44.2 Å². The van der Waals surface area contributed by atoms with Crippen LogP contribution in [0.15, 0.2) is 42.2 Å². The van der Waals surface area contributed by atoms with Crippen LogP contribution in [0.1, 0.15) is 42.6 Å². The van der Waals surface area contributed by atoms with Crippen LogP contribution in [0.5, 0.6) is 0 Å². The molecule has 3 rings (SSSR count). The summed E-state index contributed by atoms with van der Waals surface area (Å²) in [4.78, 5) is 20.3. The molecular formula is C19H20F2N4O. The summed E-state index contributed by atoms with van der Waals surface area (Å²) < 4.78 is 26.1. The van der Waals surface area contributed by atoms with Gasteiger partial charge in [-0.2, -0.15) is 0 Å². The minimum absolute atomic E-state index is 0.0928. The minimum Gasteiger partial charge on any atom is -0.368 e. The van der Waals surface area contributed by atoms with E-state index in [2.05, 4.69) is 26.7 Å². The summed E-state index contributed by atoms with van der Waals surface area (Å²) in [7, 11) is 0. The lowest BCUT2D eigenvalue weighted by molar-refractivity contribution is 0.102. The van der Waals surface area contributed by atoms with Crippen LogP contribution in [-0.2, 0) is 0 Å². The van der Waals surface area contributed by atoms with Gasteiger partial charge in [0.05, 0.1) is 12.4 Å². The van der Waals surface area contributed by atoms with E-state index in [0.29, 0.717) is 5.82 Å². The molecule has 0 unspecified atom stereocenters. The van der Waals surface area contributed by atoms with Gasteiger partial charge in [0.25, 0.3) is 5.91 Å². The first-order chi connectivity index (χ1) is 12.6. The smallest absolute Gasteiger partial charge is 0.275 e. The Hall–Kier alpha value is -2.83.